The molecule has 0 saturated carbocycles. The average Bonchev–Trinajstić information content (AvgIpc) is 2.62. The highest BCUT2D eigenvalue weighted by molar-refractivity contribution is 5.75. The zero-order valence-corrected chi connectivity index (χ0v) is 8.55. The Balaban J connectivity index is 2.21. The predicted octanol–water partition coefficient (Wildman–Crippen LogP) is 2.46. The van der Waals surface area contributed by atoms with E-state index in [1.54, 1.807) is 0 Å². The molecular weight excluding hydrogens is 188 g/mol. The Kier molecular flexibility index (Phi) is 2.68. The van der Waals surface area contributed by atoms with E-state index in [-0.39, 0.29) is 12.1 Å². The molecule has 1 aliphatic heterocycles. The van der Waals surface area contributed by atoms with Crippen LogP contribution in [0.1, 0.15) is 25.0 Å². The third-order valence-corrected chi connectivity index (χ3v) is 2.42. The van der Waals surface area contributed by atoms with E-state index in [1.165, 1.54) is 0 Å². The third-order valence-electron chi connectivity index (χ3n) is 2.42. The van der Waals surface area contributed by atoms with E-state index in [1.807, 2.05) is 37.3 Å². The molecule has 1 aromatic rings. The van der Waals surface area contributed by atoms with E-state index >= 15 is 0 Å². The SMILES string of the molecule is CC1=N[C@@H](CC#N)[C@H](c2ccccc2)O1. The van der Waals surface area contributed by atoms with Crippen molar-refractivity contribution < 1.29 is 4.74 Å². The lowest BCUT2D eigenvalue weighted by molar-refractivity contribution is 0.195. The van der Waals surface area contributed by atoms with Gasteiger partial charge in [0.1, 0.15) is 12.1 Å². The maximum Gasteiger partial charge on any atom is 0.181 e. The van der Waals surface area contributed by atoms with E-state index in [0.717, 1.165) is 5.56 Å². The van der Waals surface area contributed by atoms with Crippen molar-refractivity contribution in [2.75, 3.05) is 0 Å². The standard InChI is InChI=1S/C12H12N2O/c1-9-14-11(7-8-13)12(15-9)10-5-3-2-4-6-10/h2-6,11-12H,7H2,1H3/t11-,12-/m0/s1. The van der Waals surface area contributed by atoms with Crippen LogP contribution in [-0.4, -0.2) is 11.9 Å². The Morgan fingerprint density at radius 2 is 2.13 bits per heavy atom. The van der Waals surface area contributed by atoms with Crippen LogP contribution in [0.4, 0.5) is 0 Å². The Morgan fingerprint density at radius 3 is 2.80 bits per heavy atom. The molecule has 0 N–H and O–H groups in total. The molecule has 0 radical (unpaired) electrons. The predicted molar refractivity (Wildman–Crippen MR) is 57.4 cm³/mol. The van der Waals surface area contributed by atoms with Gasteiger partial charge in [0.2, 0.25) is 0 Å². The zero-order chi connectivity index (χ0) is 10.7. The molecule has 3 nitrogen and oxygen atoms in total. The molecule has 1 heterocycles. The summed E-state index contributed by atoms with van der Waals surface area (Å²) in [5.74, 6) is 0.670. The maximum atomic E-state index is 8.70. The first-order valence-electron chi connectivity index (χ1n) is 4.94. The lowest BCUT2D eigenvalue weighted by atomic mass is 10.0. The van der Waals surface area contributed by atoms with Gasteiger partial charge in [-0.05, 0) is 5.56 Å². The molecule has 0 aliphatic carbocycles. The molecule has 0 amide bonds. The van der Waals surface area contributed by atoms with Gasteiger partial charge < -0.3 is 4.74 Å². The highest BCUT2D eigenvalue weighted by Crippen LogP contribution is 2.30. The fourth-order valence-corrected chi connectivity index (χ4v) is 1.77. The number of nitrogens with zero attached hydrogens (tertiary/aromatic N) is 2. The topological polar surface area (TPSA) is 45.4 Å². The first kappa shape index (κ1) is 9.72. The molecule has 2 atom stereocenters. The normalized spacial score (nSPS) is 24.1. The smallest absolute Gasteiger partial charge is 0.181 e. The van der Waals surface area contributed by atoms with Crippen molar-refractivity contribution in [2.24, 2.45) is 4.99 Å². The molecule has 3 heteroatoms. The van der Waals surface area contributed by atoms with Crippen molar-refractivity contribution in [3.8, 4) is 6.07 Å². The number of hydrogen-bond donors (Lipinski definition) is 0. The lowest BCUT2D eigenvalue weighted by Gasteiger charge is -2.15. The van der Waals surface area contributed by atoms with Crippen molar-refractivity contribution in [1.29, 1.82) is 5.26 Å². The van der Waals surface area contributed by atoms with Gasteiger partial charge in [-0.1, -0.05) is 30.3 Å². The van der Waals surface area contributed by atoms with Crippen LogP contribution in [0.5, 0.6) is 0 Å². The van der Waals surface area contributed by atoms with Crippen molar-refractivity contribution in [1.82, 2.24) is 0 Å². The van der Waals surface area contributed by atoms with E-state index in [2.05, 4.69) is 11.1 Å². The van der Waals surface area contributed by atoms with Crippen molar-refractivity contribution in [2.45, 2.75) is 25.5 Å². The van der Waals surface area contributed by atoms with E-state index in [9.17, 15) is 0 Å². The largest absolute Gasteiger partial charge is 0.471 e. The van der Waals surface area contributed by atoms with E-state index in [0.29, 0.717) is 12.3 Å². The molecule has 15 heavy (non-hydrogen) atoms. The number of rotatable bonds is 2. The van der Waals surface area contributed by atoms with Gasteiger partial charge in [-0.2, -0.15) is 5.26 Å². The van der Waals surface area contributed by atoms with Crippen molar-refractivity contribution in [3.63, 3.8) is 0 Å². The summed E-state index contributed by atoms with van der Waals surface area (Å²) in [6.45, 7) is 1.83. The number of aliphatic imine (C=N–C) groups is 1. The van der Waals surface area contributed by atoms with Gasteiger partial charge in [0.15, 0.2) is 5.90 Å². The second-order valence-electron chi connectivity index (χ2n) is 3.53. The fourth-order valence-electron chi connectivity index (χ4n) is 1.77. The molecule has 2 rings (SSSR count). The highest BCUT2D eigenvalue weighted by atomic mass is 16.5. The second-order valence-corrected chi connectivity index (χ2v) is 3.53. The molecule has 0 bridgehead atoms. The van der Waals surface area contributed by atoms with Crippen LogP contribution in [-0.2, 0) is 4.74 Å². The van der Waals surface area contributed by atoms with Gasteiger partial charge in [-0.3, -0.25) is 0 Å². The first-order valence-corrected chi connectivity index (χ1v) is 4.94. The van der Waals surface area contributed by atoms with Crippen LogP contribution in [0.2, 0.25) is 0 Å². The van der Waals surface area contributed by atoms with Gasteiger partial charge in [0, 0.05) is 6.92 Å². The number of benzene rings is 1. The Labute approximate surface area is 89.0 Å². The van der Waals surface area contributed by atoms with Crippen LogP contribution in [0.3, 0.4) is 0 Å². The minimum Gasteiger partial charge on any atom is -0.471 e. The van der Waals surface area contributed by atoms with Crippen LogP contribution in [0, 0.1) is 11.3 Å². The van der Waals surface area contributed by atoms with Gasteiger partial charge in [-0.15, -0.1) is 0 Å². The maximum absolute atomic E-state index is 8.70. The average molecular weight is 200 g/mol. The molecule has 0 unspecified atom stereocenters. The summed E-state index contributed by atoms with van der Waals surface area (Å²) in [7, 11) is 0. The lowest BCUT2D eigenvalue weighted by Crippen LogP contribution is -2.13. The monoisotopic (exact) mass is 200 g/mol. The van der Waals surface area contributed by atoms with Crippen LogP contribution < -0.4 is 0 Å². The van der Waals surface area contributed by atoms with Gasteiger partial charge in [0.05, 0.1) is 12.5 Å². The first-order chi connectivity index (χ1) is 7.31. The van der Waals surface area contributed by atoms with Crippen molar-refractivity contribution >= 4 is 5.90 Å². The summed E-state index contributed by atoms with van der Waals surface area (Å²) < 4.78 is 5.61. The van der Waals surface area contributed by atoms with E-state index in [4.69, 9.17) is 10.00 Å². The summed E-state index contributed by atoms with van der Waals surface area (Å²) in [5, 5.41) is 8.70. The summed E-state index contributed by atoms with van der Waals surface area (Å²) in [6.07, 6.45) is 0.308. The molecule has 0 spiro atoms. The van der Waals surface area contributed by atoms with Crippen LogP contribution >= 0.6 is 0 Å². The molecule has 0 aromatic heterocycles. The van der Waals surface area contributed by atoms with Crippen LogP contribution in [0.25, 0.3) is 0 Å². The summed E-state index contributed by atoms with van der Waals surface area (Å²) in [6, 6.07) is 12.0. The minimum atomic E-state index is -0.0918. The van der Waals surface area contributed by atoms with Crippen molar-refractivity contribution in [3.05, 3.63) is 35.9 Å². The summed E-state index contributed by atoms with van der Waals surface area (Å²) >= 11 is 0. The fraction of sp³-hybridized carbons (Fsp3) is 0.333. The van der Waals surface area contributed by atoms with Crippen LogP contribution in [0.15, 0.2) is 35.3 Å². The quantitative estimate of drug-likeness (QED) is 0.736. The molecule has 1 aromatic carbocycles. The van der Waals surface area contributed by atoms with Gasteiger partial charge in [-0.25, -0.2) is 4.99 Å². The van der Waals surface area contributed by atoms with E-state index < -0.39 is 0 Å². The third kappa shape index (κ3) is 1.99. The highest BCUT2D eigenvalue weighted by Gasteiger charge is 2.30. The van der Waals surface area contributed by atoms with Gasteiger partial charge in [0.25, 0.3) is 0 Å². The summed E-state index contributed by atoms with van der Waals surface area (Å²) in [4.78, 5) is 4.31. The Hall–Kier alpha value is -1.82. The number of nitriles is 1. The molecule has 0 saturated heterocycles. The molecule has 76 valence electrons. The molecular formula is C12H12N2O. The number of ether oxygens (including phenoxy) is 1. The Morgan fingerprint density at radius 1 is 1.40 bits per heavy atom. The summed E-state index contributed by atoms with van der Waals surface area (Å²) in [5.41, 5.74) is 1.08. The Bertz CT molecular complexity index is 405. The molecule has 0 fully saturated rings. The molecule has 1 aliphatic rings. The number of hydrogen-bond acceptors (Lipinski definition) is 3. The van der Waals surface area contributed by atoms with Gasteiger partial charge >= 0.3 is 0 Å². The zero-order valence-electron chi connectivity index (χ0n) is 8.55. The minimum absolute atomic E-state index is 0.0580. The second kappa shape index (κ2) is 4.14.